The molecule has 0 amide bonds. The van der Waals surface area contributed by atoms with Crippen LogP contribution in [0, 0.1) is 11.7 Å². The Kier molecular flexibility index (Phi) is 4.50. The molecule has 0 bridgehead atoms. The predicted molar refractivity (Wildman–Crippen MR) is 83.6 cm³/mol. The van der Waals surface area contributed by atoms with Crippen molar-refractivity contribution in [2.75, 3.05) is 0 Å². The highest BCUT2D eigenvalue weighted by Crippen LogP contribution is 2.35. The zero-order valence-corrected chi connectivity index (χ0v) is 12.8. The molecule has 0 radical (unpaired) electrons. The standard InChI is InChI=1S/C18H17FO4/c1-11(16(20)21)18(2,17(22)23)13-8-9-14(15(19)10-13)12-6-4-3-5-7-12/h3-11H,1-2H3,(H,20,21)(H,22,23). The summed E-state index contributed by atoms with van der Waals surface area (Å²) < 4.78 is 14.5. The van der Waals surface area contributed by atoms with Crippen LogP contribution in [-0.4, -0.2) is 22.2 Å². The average molecular weight is 316 g/mol. The summed E-state index contributed by atoms with van der Waals surface area (Å²) in [4.78, 5) is 22.9. The van der Waals surface area contributed by atoms with Crippen LogP contribution in [0.4, 0.5) is 4.39 Å². The molecule has 120 valence electrons. The highest BCUT2D eigenvalue weighted by Gasteiger charge is 2.44. The van der Waals surface area contributed by atoms with E-state index in [1.807, 2.05) is 6.07 Å². The molecule has 0 aliphatic carbocycles. The van der Waals surface area contributed by atoms with E-state index >= 15 is 0 Å². The van der Waals surface area contributed by atoms with Crippen molar-refractivity contribution in [3.63, 3.8) is 0 Å². The van der Waals surface area contributed by atoms with Gasteiger partial charge in [-0.2, -0.15) is 0 Å². The SMILES string of the molecule is CC(C(=O)O)C(C)(C(=O)O)c1ccc(-c2ccccc2)c(F)c1. The van der Waals surface area contributed by atoms with Crippen LogP contribution < -0.4 is 0 Å². The lowest BCUT2D eigenvalue weighted by molar-refractivity contribution is -0.154. The van der Waals surface area contributed by atoms with Gasteiger partial charge in [0.05, 0.1) is 5.92 Å². The minimum absolute atomic E-state index is 0.122. The summed E-state index contributed by atoms with van der Waals surface area (Å²) in [6, 6.07) is 12.9. The molecule has 0 saturated carbocycles. The zero-order chi connectivity index (χ0) is 17.2. The number of benzene rings is 2. The summed E-state index contributed by atoms with van der Waals surface area (Å²) in [6.45, 7) is 2.60. The van der Waals surface area contributed by atoms with Crippen LogP contribution >= 0.6 is 0 Å². The molecule has 0 aliphatic rings. The van der Waals surface area contributed by atoms with E-state index in [-0.39, 0.29) is 5.56 Å². The van der Waals surface area contributed by atoms with Gasteiger partial charge in [0, 0.05) is 5.56 Å². The fourth-order valence-electron chi connectivity index (χ4n) is 2.50. The molecule has 0 aliphatic heterocycles. The van der Waals surface area contributed by atoms with Crippen LogP contribution in [0.25, 0.3) is 11.1 Å². The number of carboxylic acid groups (broad SMARTS) is 2. The number of hydrogen-bond acceptors (Lipinski definition) is 2. The molecular formula is C18H17FO4. The van der Waals surface area contributed by atoms with Gasteiger partial charge in [0.2, 0.25) is 0 Å². The first-order valence-corrected chi connectivity index (χ1v) is 7.10. The van der Waals surface area contributed by atoms with Gasteiger partial charge in [0.15, 0.2) is 0 Å². The van der Waals surface area contributed by atoms with E-state index in [4.69, 9.17) is 0 Å². The maximum Gasteiger partial charge on any atom is 0.314 e. The van der Waals surface area contributed by atoms with Crippen molar-refractivity contribution in [3.8, 4) is 11.1 Å². The molecule has 0 fully saturated rings. The van der Waals surface area contributed by atoms with Crippen molar-refractivity contribution < 1.29 is 24.2 Å². The Labute approximate surface area is 133 Å². The highest BCUT2D eigenvalue weighted by atomic mass is 19.1. The van der Waals surface area contributed by atoms with Crippen molar-refractivity contribution in [2.45, 2.75) is 19.3 Å². The molecular weight excluding hydrogens is 299 g/mol. The lowest BCUT2D eigenvalue weighted by Crippen LogP contribution is -2.42. The molecule has 0 aromatic heterocycles. The number of halogens is 1. The fraction of sp³-hybridized carbons (Fsp3) is 0.222. The van der Waals surface area contributed by atoms with Crippen molar-refractivity contribution in [3.05, 3.63) is 59.9 Å². The number of carboxylic acids is 2. The smallest absolute Gasteiger partial charge is 0.314 e. The van der Waals surface area contributed by atoms with Crippen molar-refractivity contribution in [1.82, 2.24) is 0 Å². The summed E-state index contributed by atoms with van der Waals surface area (Å²) in [5.74, 6) is -4.34. The van der Waals surface area contributed by atoms with Gasteiger partial charge in [0.1, 0.15) is 11.2 Å². The van der Waals surface area contributed by atoms with E-state index in [0.29, 0.717) is 11.1 Å². The largest absolute Gasteiger partial charge is 0.481 e. The summed E-state index contributed by atoms with van der Waals surface area (Å²) in [7, 11) is 0. The number of aliphatic carboxylic acids is 2. The van der Waals surface area contributed by atoms with Crippen LogP contribution in [0.15, 0.2) is 48.5 Å². The van der Waals surface area contributed by atoms with Crippen LogP contribution in [0.1, 0.15) is 19.4 Å². The third kappa shape index (κ3) is 2.95. The maximum atomic E-state index is 14.5. The number of carbonyl (C=O) groups is 2. The molecule has 2 atom stereocenters. The van der Waals surface area contributed by atoms with E-state index in [1.54, 1.807) is 24.3 Å². The summed E-state index contributed by atoms with van der Waals surface area (Å²) in [6.07, 6.45) is 0. The molecule has 2 N–H and O–H groups in total. The Hall–Kier alpha value is -2.69. The van der Waals surface area contributed by atoms with Gasteiger partial charge in [-0.1, -0.05) is 49.4 Å². The van der Waals surface area contributed by atoms with Gasteiger partial charge in [-0.3, -0.25) is 9.59 Å². The van der Waals surface area contributed by atoms with Gasteiger partial charge in [-0.15, -0.1) is 0 Å². The Bertz CT molecular complexity index is 742. The van der Waals surface area contributed by atoms with Crippen molar-refractivity contribution in [2.24, 2.45) is 5.92 Å². The molecule has 2 rings (SSSR count). The summed E-state index contributed by atoms with van der Waals surface area (Å²) in [5.41, 5.74) is -0.593. The first-order chi connectivity index (χ1) is 10.8. The Morgan fingerprint density at radius 3 is 2.17 bits per heavy atom. The molecule has 5 heteroatoms. The quantitative estimate of drug-likeness (QED) is 0.884. The first-order valence-electron chi connectivity index (χ1n) is 7.10. The monoisotopic (exact) mass is 316 g/mol. The topological polar surface area (TPSA) is 74.6 Å². The third-order valence-corrected chi connectivity index (χ3v) is 4.33. The minimum atomic E-state index is -1.72. The summed E-state index contributed by atoms with van der Waals surface area (Å²) in [5, 5.41) is 18.7. The third-order valence-electron chi connectivity index (χ3n) is 4.33. The molecule has 2 aromatic carbocycles. The normalized spacial score (nSPS) is 14.7. The van der Waals surface area contributed by atoms with E-state index in [9.17, 15) is 24.2 Å². The van der Waals surface area contributed by atoms with Crippen LogP contribution in [-0.2, 0) is 15.0 Å². The van der Waals surface area contributed by atoms with Crippen LogP contribution in [0.2, 0.25) is 0 Å². The van der Waals surface area contributed by atoms with Gasteiger partial charge in [-0.05, 0) is 24.1 Å². The van der Waals surface area contributed by atoms with Crippen molar-refractivity contribution in [1.29, 1.82) is 0 Å². The van der Waals surface area contributed by atoms with E-state index in [2.05, 4.69) is 0 Å². The van der Waals surface area contributed by atoms with Crippen LogP contribution in [0.5, 0.6) is 0 Å². The average Bonchev–Trinajstić information content (AvgIpc) is 2.53. The predicted octanol–water partition coefficient (Wildman–Crippen LogP) is 3.56. The highest BCUT2D eigenvalue weighted by molar-refractivity contribution is 5.88. The number of hydrogen-bond donors (Lipinski definition) is 2. The Balaban J connectivity index is 2.54. The molecule has 4 nitrogen and oxygen atoms in total. The first kappa shape index (κ1) is 16.7. The molecule has 0 saturated heterocycles. The lowest BCUT2D eigenvalue weighted by Gasteiger charge is -2.29. The Morgan fingerprint density at radius 2 is 1.70 bits per heavy atom. The van der Waals surface area contributed by atoms with E-state index < -0.39 is 29.1 Å². The van der Waals surface area contributed by atoms with Gasteiger partial charge in [-0.25, -0.2) is 4.39 Å². The Morgan fingerprint density at radius 1 is 1.09 bits per heavy atom. The second-order valence-corrected chi connectivity index (χ2v) is 5.63. The molecule has 0 heterocycles. The molecule has 2 unspecified atom stereocenters. The van der Waals surface area contributed by atoms with E-state index in [0.717, 1.165) is 6.07 Å². The van der Waals surface area contributed by atoms with Crippen molar-refractivity contribution >= 4 is 11.9 Å². The minimum Gasteiger partial charge on any atom is -0.481 e. The van der Waals surface area contributed by atoms with E-state index in [1.165, 1.54) is 26.0 Å². The number of rotatable bonds is 5. The van der Waals surface area contributed by atoms with Crippen LogP contribution in [0.3, 0.4) is 0 Å². The molecule has 0 spiro atoms. The second-order valence-electron chi connectivity index (χ2n) is 5.63. The fourth-order valence-corrected chi connectivity index (χ4v) is 2.50. The lowest BCUT2D eigenvalue weighted by atomic mass is 9.72. The van der Waals surface area contributed by atoms with Gasteiger partial charge < -0.3 is 10.2 Å². The van der Waals surface area contributed by atoms with Gasteiger partial charge in [0.25, 0.3) is 0 Å². The summed E-state index contributed by atoms with van der Waals surface area (Å²) >= 11 is 0. The molecule has 23 heavy (non-hydrogen) atoms. The zero-order valence-electron chi connectivity index (χ0n) is 12.8. The second kappa shape index (κ2) is 6.20. The van der Waals surface area contributed by atoms with Gasteiger partial charge >= 0.3 is 11.9 Å². The maximum absolute atomic E-state index is 14.5. The molecule has 2 aromatic rings.